The van der Waals surface area contributed by atoms with E-state index in [0.29, 0.717) is 36.3 Å². The fraction of sp³-hybridized carbons (Fsp3) is 0.429. The topological polar surface area (TPSA) is 96.0 Å². The lowest BCUT2D eigenvalue weighted by Gasteiger charge is -2.31. The second kappa shape index (κ2) is 12.3. The summed E-state index contributed by atoms with van der Waals surface area (Å²) < 4.78 is 5.22. The summed E-state index contributed by atoms with van der Waals surface area (Å²) in [4.78, 5) is 54.4. The smallest absolute Gasteiger partial charge is 0.261 e. The van der Waals surface area contributed by atoms with Crippen LogP contribution in [0.5, 0.6) is 5.75 Å². The van der Waals surface area contributed by atoms with Crippen LogP contribution >= 0.6 is 0 Å². The average molecular weight is 494 g/mol. The summed E-state index contributed by atoms with van der Waals surface area (Å²) in [6.45, 7) is 6.85. The molecule has 4 amide bonds. The summed E-state index contributed by atoms with van der Waals surface area (Å²) >= 11 is 0. The molecule has 192 valence electrons. The maximum absolute atomic E-state index is 13.4. The van der Waals surface area contributed by atoms with Crippen molar-refractivity contribution in [2.45, 2.75) is 52.6 Å². The van der Waals surface area contributed by atoms with Crippen LogP contribution in [0, 0.1) is 5.92 Å². The molecule has 0 fully saturated rings. The molecule has 8 nitrogen and oxygen atoms in total. The fourth-order valence-electron chi connectivity index (χ4n) is 4.24. The Hall–Kier alpha value is -3.68. The molecule has 0 radical (unpaired) electrons. The molecule has 0 unspecified atom stereocenters. The molecule has 1 heterocycles. The summed E-state index contributed by atoms with van der Waals surface area (Å²) in [5.74, 6) is -0.0613. The monoisotopic (exact) mass is 493 g/mol. The van der Waals surface area contributed by atoms with Crippen molar-refractivity contribution >= 4 is 23.6 Å². The zero-order valence-electron chi connectivity index (χ0n) is 21.5. The molecule has 0 aromatic heterocycles. The van der Waals surface area contributed by atoms with Crippen molar-refractivity contribution in [1.82, 2.24) is 15.1 Å². The highest BCUT2D eigenvalue weighted by Gasteiger charge is 2.35. The maximum atomic E-state index is 13.4. The van der Waals surface area contributed by atoms with Gasteiger partial charge in [-0.15, -0.1) is 0 Å². The van der Waals surface area contributed by atoms with Crippen LogP contribution in [0.3, 0.4) is 0 Å². The highest BCUT2D eigenvalue weighted by atomic mass is 16.5. The van der Waals surface area contributed by atoms with Crippen molar-refractivity contribution in [3.63, 3.8) is 0 Å². The zero-order chi connectivity index (χ0) is 26.2. The molecule has 3 rings (SSSR count). The van der Waals surface area contributed by atoms with Crippen molar-refractivity contribution in [3.8, 4) is 5.75 Å². The molecule has 1 aliphatic heterocycles. The van der Waals surface area contributed by atoms with E-state index in [4.69, 9.17) is 4.74 Å². The number of imide groups is 1. The number of carbonyl (C=O) groups is 4. The van der Waals surface area contributed by atoms with Gasteiger partial charge in [0.15, 0.2) is 0 Å². The minimum absolute atomic E-state index is 0.109. The Bertz CT molecular complexity index is 1060. The SMILES string of the molecule is CC[C@H](C(=O)NCC(C)C)N(Cc1ccc(OC)cc1)C(=O)CCCN1C(=O)c2ccccc2C1=O. The van der Waals surface area contributed by atoms with E-state index < -0.39 is 6.04 Å². The molecular formula is C28H35N3O5. The Balaban J connectivity index is 1.70. The van der Waals surface area contributed by atoms with E-state index in [9.17, 15) is 19.2 Å². The van der Waals surface area contributed by atoms with Crippen LogP contribution in [0.25, 0.3) is 0 Å². The Morgan fingerprint density at radius 1 is 1.00 bits per heavy atom. The Labute approximate surface area is 212 Å². The quantitative estimate of drug-likeness (QED) is 0.456. The van der Waals surface area contributed by atoms with E-state index in [2.05, 4.69) is 5.32 Å². The van der Waals surface area contributed by atoms with Gasteiger partial charge in [-0.3, -0.25) is 24.1 Å². The predicted molar refractivity (Wildman–Crippen MR) is 137 cm³/mol. The average Bonchev–Trinajstić information content (AvgIpc) is 3.12. The van der Waals surface area contributed by atoms with Gasteiger partial charge in [-0.1, -0.05) is 45.0 Å². The Morgan fingerprint density at radius 3 is 2.14 bits per heavy atom. The summed E-state index contributed by atoms with van der Waals surface area (Å²) in [6, 6.07) is 13.5. The molecule has 36 heavy (non-hydrogen) atoms. The van der Waals surface area contributed by atoms with Gasteiger partial charge in [0.1, 0.15) is 11.8 Å². The molecule has 1 N–H and O–H groups in total. The van der Waals surface area contributed by atoms with Crippen molar-refractivity contribution in [1.29, 1.82) is 0 Å². The van der Waals surface area contributed by atoms with E-state index in [0.717, 1.165) is 5.56 Å². The molecule has 0 spiro atoms. The number of nitrogens with zero attached hydrogens (tertiary/aromatic N) is 2. The summed E-state index contributed by atoms with van der Waals surface area (Å²) in [5.41, 5.74) is 1.66. The first-order valence-electron chi connectivity index (χ1n) is 12.4. The van der Waals surface area contributed by atoms with Crippen LogP contribution in [-0.2, 0) is 16.1 Å². The van der Waals surface area contributed by atoms with Crippen LogP contribution in [-0.4, -0.2) is 59.7 Å². The van der Waals surface area contributed by atoms with Gasteiger partial charge in [0.25, 0.3) is 11.8 Å². The normalized spacial score (nSPS) is 13.5. The highest BCUT2D eigenvalue weighted by Crippen LogP contribution is 2.23. The molecule has 8 heteroatoms. The minimum atomic E-state index is -0.627. The second-order valence-electron chi connectivity index (χ2n) is 9.34. The third-order valence-corrected chi connectivity index (χ3v) is 6.23. The first-order chi connectivity index (χ1) is 17.3. The second-order valence-corrected chi connectivity index (χ2v) is 9.34. The molecule has 2 aromatic rings. The van der Waals surface area contributed by atoms with E-state index >= 15 is 0 Å². The molecular weight excluding hydrogens is 458 g/mol. The zero-order valence-corrected chi connectivity index (χ0v) is 21.5. The number of amides is 4. The molecule has 0 saturated heterocycles. The van der Waals surface area contributed by atoms with Gasteiger partial charge >= 0.3 is 0 Å². The summed E-state index contributed by atoms with van der Waals surface area (Å²) in [5, 5.41) is 2.94. The molecule has 2 aromatic carbocycles. The van der Waals surface area contributed by atoms with E-state index in [1.807, 2.05) is 45.0 Å². The lowest BCUT2D eigenvalue weighted by Crippen LogP contribution is -2.49. The third-order valence-electron chi connectivity index (χ3n) is 6.23. The number of carbonyl (C=O) groups excluding carboxylic acids is 4. The lowest BCUT2D eigenvalue weighted by molar-refractivity contribution is -0.141. The standard InChI is InChI=1S/C28H35N3O5/c1-5-24(26(33)29-17-19(2)3)31(18-20-12-14-21(36-4)15-13-20)25(32)11-8-16-30-27(34)22-9-6-7-10-23(22)28(30)35/h6-7,9-10,12-15,19,24H,5,8,11,16-18H2,1-4H3,(H,29,33)/t24-/m1/s1. The minimum Gasteiger partial charge on any atom is -0.497 e. The van der Waals surface area contributed by atoms with Gasteiger partial charge in [0, 0.05) is 26.1 Å². The molecule has 1 atom stereocenters. The Kier molecular flexibility index (Phi) is 9.22. The number of hydrogen-bond donors (Lipinski definition) is 1. The molecule has 0 aliphatic carbocycles. The van der Waals surface area contributed by atoms with Gasteiger partial charge in [0.2, 0.25) is 11.8 Å². The molecule has 1 aliphatic rings. The number of methoxy groups -OCH3 is 1. The fourth-order valence-corrected chi connectivity index (χ4v) is 4.24. The van der Waals surface area contributed by atoms with Gasteiger partial charge < -0.3 is 15.0 Å². The van der Waals surface area contributed by atoms with Gasteiger partial charge in [-0.25, -0.2) is 0 Å². The van der Waals surface area contributed by atoms with Crippen LogP contribution in [0.4, 0.5) is 0 Å². The summed E-state index contributed by atoms with van der Waals surface area (Å²) in [6.07, 6.45) is 0.884. The first kappa shape index (κ1) is 26.9. The van der Waals surface area contributed by atoms with Crippen LogP contribution in [0.2, 0.25) is 0 Å². The highest BCUT2D eigenvalue weighted by molar-refractivity contribution is 6.21. The predicted octanol–water partition coefficient (Wildman–Crippen LogP) is 3.65. The third kappa shape index (κ3) is 6.30. The van der Waals surface area contributed by atoms with E-state index in [-0.39, 0.29) is 49.1 Å². The molecule has 0 bridgehead atoms. The number of rotatable bonds is 12. The van der Waals surface area contributed by atoms with Crippen LogP contribution in [0.1, 0.15) is 66.3 Å². The van der Waals surface area contributed by atoms with Crippen molar-refractivity contribution in [2.75, 3.05) is 20.2 Å². The van der Waals surface area contributed by atoms with Crippen LogP contribution in [0.15, 0.2) is 48.5 Å². The number of ether oxygens (including phenoxy) is 1. The number of hydrogen-bond acceptors (Lipinski definition) is 5. The van der Waals surface area contributed by atoms with Gasteiger partial charge in [-0.05, 0) is 48.6 Å². The Morgan fingerprint density at radius 2 is 1.61 bits per heavy atom. The number of benzene rings is 2. The van der Waals surface area contributed by atoms with Crippen molar-refractivity contribution in [2.24, 2.45) is 5.92 Å². The van der Waals surface area contributed by atoms with E-state index in [1.54, 1.807) is 36.3 Å². The number of nitrogens with one attached hydrogen (secondary N) is 1. The summed E-state index contributed by atoms with van der Waals surface area (Å²) in [7, 11) is 1.59. The first-order valence-corrected chi connectivity index (χ1v) is 12.4. The van der Waals surface area contributed by atoms with Crippen molar-refractivity contribution in [3.05, 3.63) is 65.2 Å². The maximum Gasteiger partial charge on any atom is 0.261 e. The van der Waals surface area contributed by atoms with Gasteiger partial charge in [-0.2, -0.15) is 0 Å². The largest absolute Gasteiger partial charge is 0.497 e. The van der Waals surface area contributed by atoms with E-state index in [1.165, 1.54) is 4.90 Å². The lowest BCUT2D eigenvalue weighted by atomic mass is 10.1. The number of fused-ring (bicyclic) bond motifs is 1. The van der Waals surface area contributed by atoms with Gasteiger partial charge in [0.05, 0.1) is 18.2 Å². The molecule has 0 saturated carbocycles. The van der Waals surface area contributed by atoms with Crippen LogP contribution < -0.4 is 10.1 Å². The van der Waals surface area contributed by atoms with Crippen molar-refractivity contribution < 1.29 is 23.9 Å².